The summed E-state index contributed by atoms with van der Waals surface area (Å²) >= 11 is 0. The Hall–Kier alpha value is -1.33. The molecule has 0 N–H and O–H groups in total. The van der Waals surface area contributed by atoms with E-state index in [9.17, 15) is 17.6 Å². The van der Waals surface area contributed by atoms with E-state index in [2.05, 4.69) is 9.72 Å². The Labute approximate surface area is 77.5 Å². The normalized spacial score (nSPS) is 13.8. The first-order valence-electron chi connectivity index (χ1n) is 3.74. The van der Waals surface area contributed by atoms with Crippen molar-refractivity contribution in [3.8, 4) is 5.88 Å². The van der Waals surface area contributed by atoms with Crippen LogP contribution in [0.1, 0.15) is 6.92 Å². The summed E-state index contributed by atoms with van der Waals surface area (Å²) in [5.74, 6) is -0.881. The molecule has 0 spiro atoms. The lowest BCUT2D eigenvalue weighted by molar-refractivity contribution is -0.189. The number of aromatic nitrogens is 1. The third kappa shape index (κ3) is 2.86. The van der Waals surface area contributed by atoms with E-state index < -0.39 is 18.1 Å². The highest BCUT2D eigenvalue weighted by atomic mass is 19.4. The molecule has 1 heterocycles. The number of hydrogen-bond donors (Lipinski definition) is 0. The van der Waals surface area contributed by atoms with Gasteiger partial charge in [-0.25, -0.2) is 9.37 Å². The summed E-state index contributed by atoms with van der Waals surface area (Å²) in [4.78, 5) is 3.33. The van der Waals surface area contributed by atoms with Crippen LogP contribution < -0.4 is 4.74 Å². The number of hydrogen-bond acceptors (Lipinski definition) is 2. The van der Waals surface area contributed by atoms with Crippen LogP contribution >= 0.6 is 0 Å². The molecule has 1 aromatic rings. The van der Waals surface area contributed by atoms with Gasteiger partial charge in [-0.05, 0) is 13.0 Å². The van der Waals surface area contributed by atoms with Crippen LogP contribution in [0.3, 0.4) is 0 Å². The predicted octanol–water partition coefficient (Wildman–Crippen LogP) is 2.55. The van der Waals surface area contributed by atoms with Crippen molar-refractivity contribution in [2.45, 2.75) is 19.2 Å². The average Bonchev–Trinajstić information content (AvgIpc) is 2.07. The molecular formula is C8H7F4NO. The Morgan fingerprint density at radius 3 is 2.43 bits per heavy atom. The zero-order valence-electron chi connectivity index (χ0n) is 7.18. The Bertz CT molecular complexity index is 295. The Balaban J connectivity index is 2.65. The molecule has 2 nitrogen and oxygen atoms in total. The first-order chi connectivity index (χ1) is 6.39. The molecule has 0 saturated carbocycles. The monoisotopic (exact) mass is 209 g/mol. The van der Waals surface area contributed by atoms with Crippen LogP contribution in [0, 0.1) is 5.82 Å². The van der Waals surface area contributed by atoms with E-state index in [1.165, 1.54) is 0 Å². The molecule has 0 fully saturated rings. The van der Waals surface area contributed by atoms with Crippen LogP contribution in [0.25, 0.3) is 0 Å². The fraction of sp³-hybridized carbons (Fsp3) is 0.375. The number of halogens is 4. The molecule has 0 aliphatic heterocycles. The fourth-order valence-electron chi connectivity index (χ4n) is 0.680. The molecule has 1 aromatic heterocycles. The Morgan fingerprint density at radius 2 is 2.00 bits per heavy atom. The fourth-order valence-corrected chi connectivity index (χ4v) is 0.680. The van der Waals surface area contributed by atoms with Crippen LogP contribution in [0.2, 0.25) is 0 Å². The van der Waals surface area contributed by atoms with Crippen molar-refractivity contribution < 1.29 is 22.3 Å². The number of pyridine rings is 1. The molecule has 0 aliphatic carbocycles. The van der Waals surface area contributed by atoms with Gasteiger partial charge in [0.25, 0.3) is 0 Å². The lowest BCUT2D eigenvalue weighted by atomic mass is 10.4. The van der Waals surface area contributed by atoms with E-state index >= 15 is 0 Å². The number of alkyl halides is 3. The average molecular weight is 209 g/mol. The van der Waals surface area contributed by atoms with Crippen molar-refractivity contribution in [1.29, 1.82) is 0 Å². The summed E-state index contributed by atoms with van der Waals surface area (Å²) in [6, 6.07) is 2.02. The zero-order chi connectivity index (χ0) is 10.8. The topological polar surface area (TPSA) is 22.1 Å². The van der Waals surface area contributed by atoms with Gasteiger partial charge < -0.3 is 4.74 Å². The van der Waals surface area contributed by atoms with E-state index in [1.54, 1.807) is 0 Å². The van der Waals surface area contributed by atoms with Gasteiger partial charge in [0.2, 0.25) is 5.88 Å². The summed E-state index contributed by atoms with van der Waals surface area (Å²) < 4.78 is 52.7. The van der Waals surface area contributed by atoms with Crippen molar-refractivity contribution >= 4 is 0 Å². The third-order valence-corrected chi connectivity index (χ3v) is 1.46. The van der Waals surface area contributed by atoms with Crippen molar-refractivity contribution in [3.63, 3.8) is 0 Å². The zero-order valence-corrected chi connectivity index (χ0v) is 7.18. The number of ether oxygens (including phenoxy) is 1. The minimum Gasteiger partial charge on any atom is -0.465 e. The minimum absolute atomic E-state index is 0.253. The SMILES string of the molecule is C[C@H](Oc1ccc(F)cn1)C(F)(F)F. The number of nitrogens with zero attached hydrogens (tertiary/aromatic N) is 1. The number of rotatable bonds is 2. The van der Waals surface area contributed by atoms with Gasteiger partial charge in [-0.1, -0.05) is 0 Å². The molecular weight excluding hydrogens is 202 g/mol. The molecule has 6 heteroatoms. The van der Waals surface area contributed by atoms with Crippen molar-refractivity contribution in [2.75, 3.05) is 0 Å². The van der Waals surface area contributed by atoms with E-state index in [1.807, 2.05) is 0 Å². The first-order valence-corrected chi connectivity index (χ1v) is 3.74. The van der Waals surface area contributed by atoms with Gasteiger partial charge >= 0.3 is 6.18 Å². The van der Waals surface area contributed by atoms with Gasteiger partial charge in [-0.2, -0.15) is 13.2 Å². The quantitative estimate of drug-likeness (QED) is 0.698. The lowest BCUT2D eigenvalue weighted by Crippen LogP contribution is -2.31. The summed E-state index contributed by atoms with van der Waals surface area (Å²) in [7, 11) is 0. The molecule has 1 rings (SSSR count). The minimum atomic E-state index is -4.45. The van der Waals surface area contributed by atoms with E-state index in [4.69, 9.17) is 0 Å². The second kappa shape index (κ2) is 3.81. The molecule has 0 amide bonds. The molecule has 0 bridgehead atoms. The summed E-state index contributed by atoms with van der Waals surface area (Å²) in [5, 5.41) is 0. The summed E-state index contributed by atoms with van der Waals surface area (Å²) in [6.07, 6.45) is -5.62. The van der Waals surface area contributed by atoms with Gasteiger partial charge in [0.1, 0.15) is 5.82 Å². The van der Waals surface area contributed by atoms with Crippen LogP contribution in [0.5, 0.6) is 5.88 Å². The molecule has 1 atom stereocenters. The smallest absolute Gasteiger partial charge is 0.425 e. The van der Waals surface area contributed by atoms with Gasteiger partial charge in [0.15, 0.2) is 6.10 Å². The lowest BCUT2D eigenvalue weighted by Gasteiger charge is -2.16. The highest BCUT2D eigenvalue weighted by Crippen LogP contribution is 2.23. The summed E-state index contributed by atoms with van der Waals surface area (Å²) in [6.45, 7) is 0.852. The molecule has 0 aromatic carbocycles. The summed E-state index contributed by atoms with van der Waals surface area (Å²) in [5.41, 5.74) is 0. The molecule has 0 unspecified atom stereocenters. The molecule has 78 valence electrons. The molecule has 0 saturated heterocycles. The molecule has 14 heavy (non-hydrogen) atoms. The van der Waals surface area contributed by atoms with Crippen LogP contribution in [-0.4, -0.2) is 17.3 Å². The maximum Gasteiger partial charge on any atom is 0.425 e. The second-order valence-electron chi connectivity index (χ2n) is 2.62. The maximum absolute atomic E-state index is 12.3. The van der Waals surface area contributed by atoms with Gasteiger partial charge in [-0.3, -0.25) is 0 Å². The maximum atomic E-state index is 12.3. The van der Waals surface area contributed by atoms with Crippen molar-refractivity contribution in [1.82, 2.24) is 4.98 Å². The van der Waals surface area contributed by atoms with Crippen molar-refractivity contribution in [3.05, 3.63) is 24.1 Å². The largest absolute Gasteiger partial charge is 0.465 e. The first kappa shape index (κ1) is 10.7. The van der Waals surface area contributed by atoms with Gasteiger partial charge in [0.05, 0.1) is 6.20 Å². The Kier molecular flexibility index (Phi) is 2.93. The highest BCUT2D eigenvalue weighted by molar-refractivity contribution is 5.11. The Morgan fingerprint density at radius 1 is 1.36 bits per heavy atom. The predicted molar refractivity (Wildman–Crippen MR) is 40.3 cm³/mol. The van der Waals surface area contributed by atoms with Crippen LogP contribution in [0.4, 0.5) is 17.6 Å². The van der Waals surface area contributed by atoms with E-state index in [-0.39, 0.29) is 5.88 Å². The standard InChI is InChI=1S/C8H7F4NO/c1-5(8(10,11)12)14-7-3-2-6(9)4-13-7/h2-5H,1H3/t5-/m0/s1. The second-order valence-corrected chi connectivity index (χ2v) is 2.62. The highest BCUT2D eigenvalue weighted by Gasteiger charge is 2.38. The van der Waals surface area contributed by atoms with Crippen LogP contribution in [-0.2, 0) is 0 Å². The molecule has 0 radical (unpaired) electrons. The van der Waals surface area contributed by atoms with Gasteiger partial charge in [-0.15, -0.1) is 0 Å². The van der Waals surface area contributed by atoms with E-state index in [0.29, 0.717) is 0 Å². The van der Waals surface area contributed by atoms with E-state index in [0.717, 1.165) is 25.3 Å². The van der Waals surface area contributed by atoms with Crippen LogP contribution in [0.15, 0.2) is 18.3 Å². The van der Waals surface area contributed by atoms with Crippen molar-refractivity contribution in [2.24, 2.45) is 0 Å². The molecule has 0 aliphatic rings. The third-order valence-electron chi connectivity index (χ3n) is 1.46. The van der Waals surface area contributed by atoms with Gasteiger partial charge in [0, 0.05) is 6.07 Å².